The summed E-state index contributed by atoms with van der Waals surface area (Å²) in [6, 6.07) is 1.61. The van der Waals surface area contributed by atoms with Gasteiger partial charge in [-0.05, 0) is 28.9 Å². The summed E-state index contributed by atoms with van der Waals surface area (Å²) in [4.78, 5) is 10.2. The van der Waals surface area contributed by atoms with E-state index < -0.39 is 11.9 Å². The summed E-state index contributed by atoms with van der Waals surface area (Å²) in [5.74, 6) is -0.827. The van der Waals surface area contributed by atoms with Crippen LogP contribution < -0.4 is 0 Å². The van der Waals surface area contributed by atoms with Gasteiger partial charge < -0.3 is 5.11 Å². The van der Waals surface area contributed by atoms with E-state index in [0.717, 1.165) is 6.07 Å². The summed E-state index contributed by atoms with van der Waals surface area (Å²) in [5, 5.41) is 12.0. The third-order valence-electron chi connectivity index (χ3n) is 1.68. The van der Waals surface area contributed by atoms with Gasteiger partial charge in [0.05, 0.1) is 4.47 Å². The number of phenolic OH excluding ortho intramolecular Hbond substituents is 1. The molecule has 0 saturated carbocycles. The van der Waals surface area contributed by atoms with Crippen molar-refractivity contribution < 1.29 is 9.50 Å². The number of phenols is 1. The SMILES string of the molecule is CC(N=O)c1cc(Br)c(F)cc1O. The molecule has 1 atom stereocenters. The molecule has 5 heteroatoms. The van der Waals surface area contributed by atoms with Crippen LogP contribution >= 0.6 is 15.9 Å². The van der Waals surface area contributed by atoms with Crippen molar-refractivity contribution in [3.63, 3.8) is 0 Å². The van der Waals surface area contributed by atoms with Crippen LogP contribution in [-0.4, -0.2) is 5.11 Å². The number of benzene rings is 1. The number of nitrogens with zero attached hydrogens (tertiary/aromatic N) is 1. The molecule has 0 heterocycles. The van der Waals surface area contributed by atoms with Gasteiger partial charge in [0, 0.05) is 11.6 Å². The summed E-state index contributed by atoms with van der Waals surface area (Å²) < 4.78 is 13.0. The lowest BCUT2D eigenvalue weighted by Gasteiger charge is -2.06. The number of rotatable bonds is 2. The summed E-state index contributed by atoms with van der Waals surface area (Å²) in [6.07, 6.45) is 0. The molecular weight excluding hydrogens is 241 g/mol. The molecular formula is C8H7BrFNO2. The maximum Gasteiger partial charge on any atom is 0.141 e. The van der Waals surface area contributed by atoms with Gasteiger partial charge in [-0.25, -0.2) is 4.39 Å². The van der Waals surface area contributed by atoms with Crippen molar-refractivity contribution in [2.45, 2.75) is 13.0 Å². The first-order chi connectivity index (χ1) is 6.06. The first-order valence-electron chi connectivity index (χ1n) is 3.56. The van der Waals surface area contributed by atoms with Gasteiger partial charge in [-0.3, -0.25) is 0 Å². The Hall–Kier alpha value is -0.970. The molecule has 1 rings (SSSR count). The number of nitroso groups, excluding NO2 is 1. The second-order valence-electron chi connectivity index (χ2n) is 2.61. The average Bonchev–Trinajstić information content (AvgIpc) is 2.10. The Balaban J connectivity index is 3.22. The zero-order valence-electron chi connectivity index (χ0n) is 6.79. The third-order valence-corrected chi connectivity index (χ3v) is 2.29. The zero-order valence-corrected chi connectivity index (χ0v) is 8.38. The zero-order chi connectivity index (χ0) is 10.0. The van der Waals surface area contributed by atoms with E-state index in [9.17, 15) is 14.4 Å². The van der Waals surface area contributed by atoms with Gasteiger partial charge in [0.1, 0.15) is 17.6 Å². The van der Waals surface area contributed by atoms with E-state index in [1.807, 2.05) is 0 Å². The molecule has 0 fully saturated rings. The smallest absolute Gasteiger partial charge is 0.141 e. The van der Waals surface area contributed by atoms with E-state index in [4.69, 9.17) is 0 Å². The van der Waals surface area contributed by atoms with E-state index >= 15 is 0 Å². The van der Waals surface area contributed by atoms with Gasteiger partial charge in [0.25, 0.3) is 0 Å². The first kappa shape index (κ1) is 10.1. The van der Waals surface area contributed by atoms with Gasteiger partial charge in [-0.1, -0.05) is 5.18 Å². The molecule has 3 nitrogen and oxygen atoms in total. The van der Waals surface area contributed by atoms with Crippen LogP contribution in [0.2, 0.25) is 0 Å². The lowest BCUT2D eigenvalue weighted by Crippen LogP contribution is -1.91. The number of aromatic hydroxyl groups is 1. The molecule has 0 aliphatic heterocycles. The van der Waals surface area contributed by atoms with Crippen LogP contribution in [0, 0.1) is 10.7 Å². The van der Waals surface area contributed by atoms with Crippen LogP contribution in [0.1, 0.15) is 18.5 Å². The fourth-order valence-electron chi connectivity index (χ4n) is 0.943. The fourth-order valence-corrected chi connectivity index (χ4v) is 1.30. The standard InChI is InChI=1S/C8H7BrFNO2/c1-4(11-13)5-2-6(9)7(10)3-8(5)12/h2-4,12H,1H3. The second kappa shape index (κ2) is 3.83. The Morgan fingerprint density at radius 1 is 1.62 bits per heavy atom. The van der Waals surface area contributed by atoms with Crippen molar-refractivity contribution in [3.05, 3.63) is 32.9 Å². The van der Waals surface area contributed by atoms with Crippen LogP contribution in [0.15, 0.2) is 21.8 Å². The van der Waals surface area contributed by atoms with Gasteiger partial charge >= 0.3 is 0 Å². The van der Waals surface area contributed by atoms with Crippen LogP contribution in [0.5, 0.6) is 5.75 Å². The minimum absolute atomic E-state index is 0.204. The monoisotopic (exact) mass is 247 g/mol. The Kier molecular flexibility index (Phi) is 2.98. The predicted octanol–water partition coefficient (Wildman–Crippen LogP) is 3.12. The Bertz CT molecular complexity index is 343. The third kappa shape index (κ3) is 2.03. The van der Waals surface area contributed by atoms with Crippen LogP contribution in [0.25, 0.3) is 0 Å². The predicted molar refractivity (Wildman–Crippen MR) is 50.0 cm³/mol. The van der Waals surface area contributed by atoms with Crippen molar-refractivity contribution in [3.8, 4) is 5.75 Å². The first-order valence-corrected chi connectivity index (χ1v) is 4.36. The van der Waals surface area contributed by atoms with Crippen molar-refractivity contribution in [1.82, 2.24) is 0 Å². The summed E-state index contributed by atoms with van der Waals surface area (Å²) in [5.41, 5.74) is 0.309. The molecule has 1 unspecified atom stereocenters. The molecule has 70 valence electrons. The quantitative estimate of drug-likeness (QED) is 0.817. The van der Waals surface area contributed by atoms with Crippen LogP contribution in [0.3, 0.4) is 0 Å². The number of hydrogen-bond acceptors (Lipinski definition) is 3. The average molecular weight is 248 g/mol. The van der Waals surface area contributed by atoms with E-state index in [1.54, 1.807) is 0 Å². The molecule has 13 heavy (non-hydrogen) atoms. The lowest BCUT2D eigenvalue weighted by molar-refractivity contribution is 0.457. The maximum atomic E-state index is 12.8. The highest BCUT2D eigenvalue weighted by Crippen LogP contribution is 2.31. The van der Waals surface area contributed by atoms with Gasteiger partial charge in [0.2, 0.25) is 0 Å². The molecule has 1 N–H and O–H groups in total. The van der Waals surface area contributed by atoms with E-state index in [0.29, 0.717) is 5.56 Å². The van der Waals surface area contributed by atoms with Crippen molar-refractivity contribution in [2.24, 2.45) is 5.18 Å². The number of halogens is 2. The highest BCUT2D eigenvalue weighted by Gasteiger charge is 2.13. The topological polar surface area (TPSA) is 49.7 Å². The summed E-state index contributed by atoms with van der Waals surface area (Å²) in [7, 11) is 0. The minimum atomic E-state index is -0.683. The fraction of sp³-hybridized carbons (Fsp3) is 0.250. The maximum absolute atomic E-state index is 12.8. The lowest BCUT2D eigenvalue weighted by atomic mass is 10.1. The minimum Gasteiger partial charge on any atom is -0.507 e. The molecule has 0 amide bonds. The molecule has 0 aliphatic carbocycles. The van der Waals surface area contributed by atoms with Crippen LogP contribution in [0.4, 0.5) is 4.39 Å². The van der Waals surface area contributed by atoms with Gasteiger partial charge in [0.15, 0.2) is 0 Å². The summed E-state index contributed by atoms with van der Waals surface area (Å²) in [6.45, 7) is 1.52. The Labute approximate surface area is 82.7 Å². The largest absolute Gasteiger partial charge is 0.507 e. The molecule has 0 spiro atoms. The molecule has 0 bridgehead atoms. The second-order valence-corrected chi connectivity index (χ2v) is 3.46. The highest BCUT2D eigenvalue weighted by atomic mass is 79.9. The van der Waals surface area contributed by atoms with Gasteiger partial charge in [-0.2, -0.15) is 4.91 Å². The normalized spacial score (nSPS) is 12.5. The molecule has 0 radical (unpaired) electrons. The highest BCUT2D eigenvalue weighted by molar-refractivity contribution is 9.10. The molecule has 1 aromatic carbocycles. The van der Waals surface area contributed by atoms with E-state index in [-0.39, 0.29) is 10.2 Å². The van der Waals surface area contributed by atoms with E-state index in [1.165, 1.54) is 13.0 Å². The van der Waals surface area contributed by atoms with E-state index in [2.05, 4.69) is 21.1 Å². The van der Waals surface area contributed by atoms with Crippen LogP contribution in [-0.2, 0) is 0 Å². The molecule has 0 aromatic heterocycles. The summed E-state index contributed by atoms with van der Waals surface area (Å²) >= 11 is 2.95. The molecule has 0 saturated heterocycles. The Morgan fingerprint density at radius 2 is 2.23 bits per heavy atom. The Morgan fingerprint density at radius 3 is 2.77 bits per heavy atom. The van der Waals surface area contributed by atoms with Crippen molar-refractivity contribution >= 4 is 15.9 Å². The molecule has 1 aromatic rings. The molecule has 0 aliphatic rings. The number of hydrogen-bond donors (Lipinski definition) is 1. The van der Waals surface area contributed by atoms with Crippen molar-refractivity contribution in [2.75, 3.05) is 0 Å². The van der Waals surface area contributed by atoms with Gasteiger partial charge in [-0.15, -0.1) is 0 Å². The van der Waals surface area contributed by atoms with Crippen molar-refractivity contribution in [1.29, 1.82) is 0 Å².